The average molecular weight is 177 g/mol. The van der Waals surface area contributed by atoms with Crippen molar-refractivity contribution in [2.75, 3.05) is 21.3 Å². The first-order valence-corrected chi connectivity index (χ1v) is 3.20. The summed E-state index contributed by atoms with van der Waals surface area (Å²) < 4.78 is 0. The Morgan fingerprint density at radius 1 is 1.42 bits per heavy atom. The normalized spacial score (nSPS) is 8.00. The fourth-order valence-electron chi connectivity index (χ4n) is 0.147. The molecule has 0 bridgehead atoms. The molecule has 0 unspecified atom stereocenters. The quantitative estimate of drug-likeness (QED) is 0.385. The maximum absolute atomic E-state index is 10.3. The van der Waals surface area contributed by atoms with Crippen LogP contribution in [0.2, 0.25) is 0 Å². The summed E-state index contributed by atoms with van der Waals surface area (Å²) in [4.78, 5) is 22.7. The minimum Gasteiger partial charge on any atom is -0.305 e. The summed E-state index contributed by atoms with van der Waals surface area (Å²) >= 11 is 0. The third-order valence-electron chi connectivity index (χ3n) is 0.712. The van der Waals surface area contributed by atoms with Gasteiger partial charge in [-0.2, -0.15) is 4.89 Å². The SMILES string of the molecule is C=C(C)C(=O)OOC.CNOC. The molecule has 0 aromatic heterocycles. The summed E-state index contributed by atoms with van der Waals surface area (Å²) in [6.45, 7) is 4.86. The van der Waals surface area contributed by atoms with Crippen LogP contribution in [0, 0.1) is 0 Å². The van der Waals surface area contributed by atoms with E-state index in [1.54, 1.807) is 21.1 Å². The molecule has 0 aliphatic carbocycles. The first kappa shape index (κ1) is 13.7. The van der Waals surface area contributed by atoms with Crippen molar-refractivity contribution >= 4 is 5.97 Å². The first-order chi connectivity index (χ1) is 5.59. The third-order valence-corrected chi connectivity index (χ3v) is 0.712. The predicted octanol–water partition coefficient (Wildman–Crippen LogP) is 0.434. The van der Waals surface area contributed by atoms with Crippen molar-refractivity contribution < 1.29 is 19.4 Å². The molecule has 0 amide bonds. The van der Waals surface area contributed by atoms with Crippen LogP contribution < -0.4 is 5.48 Å². The van der Waals surface area contributed by atoms with Gasteiger partial charge in [-0.1, -0.05) is 6.58 Å². The Hall–Kier alpha value is -0.910. The lowest BCUT2D eigenvalue weighted by atomic mass is 10.4. The summed E-state index contributed by atoms with van der Waals surface area (Å²) in [5.41, 5.74) is 2.76. The van der Waals surface area contributed by atoms with Crippen LogP contribution >= 0.6 is 0 Å². The second-order valence-corrected chi connectivity index (χ2v) is 1.73. The van der Waals surface area contributed by atoms with Gasteiger partial charge in [-0.15, -0.1) is 0 Å². The van der Waals surface area contributed by atoms with E-state index in [1.165, 1.54) is 7.11 Å². The standard InChI is InChI=1S/C5H8O3.C2H7NO/c1-4(2)5(6)8-7-3;1-3-4-2/h1H2,2-3H3;3H,1-2H3. The highest BCUT2D eigenvalue weighted by Crippen LogP contribution is 1.89. The van der Waals surface area contributed by atoms with Crippen molar-refractivity contribution in [3.8, 4) is 0 Å². The highest BCUT2D eigenvalue weighted by molar-refractivity contribution is 5.86. The molecule has 0 saturated heterocycles. The molecule has 0 aromatic carbocycles. The van der Waals surface area contributed by atoms with Gasteiger partial charge in [0, 0.05) is 12.6 Å². The van der Waals surface area contributed by atoms with Gasteiger partial charge in [0.2, 0.25) is 0 Å². The van der Waals surface area contributed by atoms with Gasteiger partial charge in [0.05, 0.1) is 14.2 Å². The van der Waals surface area contributed by atoms with Gasteiger partial charge in [-0.25, -0.2) is 10.3 Å². The van der Waals surface area contributed by atoms with Crippen LogP contribution in [0.5, 0.6) is 0 Å². The second kappa shape index (κ2) is 10.1. The Morgan fingerprint density at radius 3 is 1.92 bits per heavy atom. The van der Waals surface area contributed by atoms with E-state index < -0.39 is 5.97 Å². The van der Waals surface area contributed by atoms with Crippen LogP contribution in [0.3, 0.4) is 0 Å². The largest absolute Gasteiger partial charge is 0.368 e. The van der Waals surface area contributed by atoms with Crippen molar-refractivity contribution in [1.82, 2.24) is 5.48 Å². The number of rotatable bonds is 3. The smallest absolute Gasteiger partial charge is 0.305 e. The fourth-order valence-corrected chi connectivity index (χ4v) is 0.147. The molecule has 0 radical (unpaired) electrons. The molecule has 5 heteroatoms. The van der Waals surface area contributed by atoms with Crippen molar-refractivity contribution in [2.24, 2.45) is 0 Å². The Bertz CT molecular complexity index is 133. The molecule has 0 heterocycles. The minimum absolute atomic E-state index is 0.326. The van der Waals surface area contributed by atoms with E-state index in [-0.39, 0.29) is 0 Å². The molecule has 0 fully saturated rings. The highest BCUT2D eigenvalue weighted by atomic mass is 17.2. The predicted molar refractivity (Wildman–Crippen MR) is 44.0 cm³/mol. The lowest BCUT2D eigenvalue weighted by Crippen LogP contribution is -2.02. The van der Waals surface area contributed by atoms with Gasteiger partial charge in [-0.3, -0.25) is 4.89 Å². The summed E-state index contributed by atoms with van der Waals surface area (Å²) in [6, 6.07) is 0. The maximum Gasteiger partial charge on any atom is 0.368 e. The van der Waals surface area contributed by atoms with Crippen molar-refractivity contribution in [2.45, 2.75) is 6.92 Å². The van der Waals surface area contributed by atoms with Crippen LogP contribution in [-0.4, -0.2) is 27.2 Å². The molecule has 0 aromatic rings. The van der Waals surface area contributed by atoms with E-state index in [9.17, 15) is 4.79 Å². The maximum atomic E-state index is 10.3. The number of carbonyl (C=O) groups excluding carboxylic acids is 1. The third kappa shape index (κ3) is 11.8. The van der Waals surface area contributed by atoms with E-state index in [0.717, 1.165) is 0 Å². The van der Waals surface area contributed by atoms with E-state index in [2.05, 4.69) is 26.7 Å². The summed E-state index contributed by atoms with van der Waals surface area (Å²) in [7, 11) is 4.54. The van der Waals surface area contributed by atoms with Crippen LogP contribution in [-0.2, 0) is 19.4 Å². The number of hydroxylamine groups is 1. The van der Waals surface area contributed by atoms with Crippen molar-refractivity contribution in [1.29, 1.82) is 0 Å². The zero-order chi connectivity index (χ0) is 9.98. The monoisotopic (exact) mass is 177 g/mol. The van der Waals surface area contributed by atoms with Gasteiger partial charge < -0.3 is 4.84 Å². The van der Waals surface area contributed by atoms with Crippen LogP contribution in [0.25, 0.3) is 0 Å². The van der Waals surface area contributed by atoms with Gasteiger partial charge in [-0.05, 0) is 6.92 Å². The summed E-state index contributed by atoms with van der Waals surface area (Å²) in [5.74, 6) is -0.535. The number of nitrogens with one attached hydrogen (secondary N) is 1. The fraction of sp³-hybridized carbons (Fsp3) is 0.571. The molecule has 1 N–H and O–H groups in total. The van der Waals surface area contributed by atoms with Gasteiger partial charge in [0.15, 0.2) is 0 Å². The molecular formula is C7H15NO4. The zero-order valence-corrected chi connectivity index (χ0v) is 7.84. The topological polar surface area (TPSA) is 56.8 Å². The molecule has 0 aliphatic heterocycles. The molecule has 5 nitrogen and oxygen atoms in total. The first-order valence-electron chi connectivity index (χ1n) is 3.20. The molecule has 12 heavy (non-hydrogen) atoms. The van der Waals surface area contributed by atoms with E-state index in [1.807, 2.05) is 0 Å². The van der Waals surface area contributed by atoms with E-state index >= 15 is 0 Å². The minimum atomic E-state index is -0.535. The van der Waals surface area contributed by atoms with Crippen LogP contribution in [0.15, 0.2) is 12.2 Å². The Labute approximate surface area is 72.2 Å². The molecule has 0 spiro atoms. The van der Waals surface area contributed by atoms with Crippen molar-refractivity contribution in [3.05, 3.63) is 12.2 Å². The molecule has 72 valence electrons. The van der Waals surface area contributed by atoms with Crippen LogP contribution in [0.4, 0.5) is 0 Å². The molecule has 0 rings (SSSR count). The van der Waals surface area contributed by atoms with E-state index in [4.69, 9.17) is 0 Å². The number of hydrogen-bond donors (Lipinski definition) is 1. The molecular weight excluding hydrogens is 162 g/mol. The lowest BCUT2D eigenvalue weighted by molar-refractivity contribution is -0.250. The van der Waals surface area contributed by atoms with Gasteiger partial charge in [0.1, 0.15) is 0 Å². The van der Waals surface area contributed by atoms with Gasteiger partial charge in [0.25, 0.3) is 0 Å². The molecule has 0 saturated carbocycles. The summed E-state index contributed by atoms with van der Waals surface area (Å²) in [5, 5.41) is 0. The van der Waals surface area contributed by atoms with Crippen molar-refractivity contribution in [3.63, 3.8) is 0 Å². The number of hydrogen-bond acceptors (Lipinski definition) is 5. The van der Waals surface area contributed by atoms with E-state index in [0.29, 0.717) is 5.57 Å². The Balaban J connectivity index is 0. The number of carbonyl (C=O) groups is 1. The molecule has 0 atom stereocenters. The highest BCUT2D eigenvalue weighted by Gasteiger charge is 2.00. The van der Waals surface area contributed by atoms with Crippen LogP contribution in [0.1, 0.15) is 6.92 Å². The zero-order valence-electron chi connectivity index (χ0n) is 7.84. The Kier molecular flexibility index (Phi) is 11.5. The van der Waals surface area contributed by atoms with Gasteiger partial charge >= 0.3 is 5.97 Å². The second-order valence-electron chi connectivity index (χ2n) is 1.73. The Morgan fingerprint density at radius 2 is 1.83 bits per heavy atom. The average Bonchev–Trinajstić information content (AvgIpc) is 2.05. The molecule has 0 aliphatic rings. The lowest BCUT2D eigenvalue weighted by Gasteiger charge is -1.94. The summed E-state index contributed by atoms with van der Waals surface area (Å²) in [6.07, 6.45) is 0.